The molecule has 31 heavy (non-hydrogen) atoms. The topological polar surface area (TPSA) is 72.1 Å². The van der Waals surface area contributed by atoms with E-state index >= 15 is 0 Å². The minimum atomic E-state index is -0.331. The Morgan fingerprint density at radius 1 is 1.42 bits per heavy atom. The molecular weight excluding hydrogens is 388 g/mol. The predicted molar refractivity (Wildman–Crippen MR) is 122 cm³/mol. The lowest BCUT2D eigenvalue weighted by molar-refractivity contribution is -0.123. The van der Waals surface area contributed by atoms with E-state index in [4.69, 9.17) is 10.9 Å². The SMILES string of the molecule is C#CCNC(=O)C1Cc2cn(Cc3c(C)noc3C)c3cccc(c23)C(CC(C)C)N1. The second-order valence-corrected chi connectivity index (χ2v) is 8.85. The van der Waals surface area contributed by atoms with Crippen LogP contribution in [0.4, 0.5) is 0 Å². The van der Waals surface area contributed by atoms with Crippen LogP contribution in [0.25, 0.3) is 10.9 Å². The zero-order chi connectivity index (χ0) is 22.1. The lowest BCUT2D eigenvalue weighted by Crippen LogP contribution is -2.46. The summed E-state index contributed by atoms with van der Waals surface area (Å²) in [7, 11) is 0. The maximum atomic E-state index is 12.9. The summed E-state index contributed by atoms with van der Waals surface area (Å²) in [6.45, 7) is 9.28. The van der Waals surface area contributed by atoms with Gasteiger partial charge in [0.1, 0.15) is 5.76 Å². The third-order valence-corrected chi connectivity index (χ3v) is 6.12. The fraction of sp³-hybridized carbons (Fsp3) is 0.440. The third kappa shape index (κ3) is 4.11. The first-order chi connectivity index (χ1) is 14.9. The Labute approximate surface area is 183 Å². The number of carbonyl (C=O) groups excluding carboxylic acids is 1. The second kappa shape index (κ2) is 8.60. The molecule has 1 aliphatic rings. The van der Waals surface area contributed by atoms with Gasteiger partial charge in [0.15, 0.2) is 0 Å². The molecule has 0 bridgehead atoms. The summed E-state index contributed by atoms with van der Waals surface area (Å²) in [6, 6.07) is 6.22. The number of carbonyl (C=O) groups is 1. The lowest BCUT2D eigenvalue weighted by Gasteiger charge is -2.25. The van der Waals surface area contributed by atoms with Crippen LogP contribution in [0.5, 0.6) is 0 Å². The summed E-state index contributed by atoms with van der Waals surface area (Å²) in [5.41, 5.74) is 5.62. The van der Waals surface area contributed by atoms with Gasteiger partial charge in [0, 0.05) is 28.7 Å². The summed E-state index contributed by atoms with van der Waals surface area (Å²) < 4.78 is 7.63. The standard InChI is InChI=1S/C25H30N4O2/c1-6-10-26-25(30)22-12-18-13-29(14-20-16(4)28-31-17(20)5)23-9-7-8-19(24(18)23)21(27-22)11-15(2)3/h1,7-9,13,15,21-22,27H,10-12,14H2,2-5H3,(H,26,30). The van der Waals surface area contributed by atoms with Gasteiger partial charge in [-0.3, -0.25) is 10.1 Å². The molecule has 2 N–H and O–H groups in total. The van der Waals surface area contributed by atoms with Crippen molar-refractivity contribution in [3.63, 3.8) is 0 Å². The highest BCUT2D eigenvalue weighted by Gasteiger charge is 2.31. The number of rotatable bonds is 6. The molecule has 6 nitrogen and oxygen atoms in total. The van der Waals surface area contributed by atoms with Crippen molar-refractivity contribution in [1.29, 1.82) is 0 Å². The highest BCUT2D eigenvalue weighted by Crippen LogP contribution is 2.36. The number of amides is 1. The molecule has 0 fully saturated rings. The molecule has 0 saturated heterocycles. The van der Waals surface area contributed by atoms with Crippen LogP contribution in [0.1, 0.15) is 54.5 Å². The van der Waals surface area contributed by atoms with Gasteiger partial charge in [-0.25, -0.2) is 0 Å². The van der Waals surface area contributed by atoms with Crippen LogP contribution in [0.3, 0.4) is 0 Å². The van der Waals surface area contributed by atoms with Gasteiger partial charge in [-0.1, -0.05) is 37.1 Å². The minimum Gasteiger partial charge on any atom is -0.361 e. The fourth-order valence-electron chi connectivity index (χ4n) is 4.65. The van der Waals surface area contributed by atoms with Gasteiger partial charge in [0.2, 0.25) is 5.91 Å². The van der Waals surface area contributed by atoms with E-state index in [0.29, 0.717) is 18.9 Å². The van der Waals surface area contributed by atoms with E-state index in [0.717, 1.165) is 23.4 Å². The molecule has 2 atom stereocenters. The van der Waals surface area contributed by atoms with E-state index in [2.05, 4.69) is 64.5 Å². The highest BCUT2D eigenvalue weighted by atomic mass is 16.5. The predicted octanol–water partition coefficient (Wildman–Crippen LogP) is 3.65. The molecule has 0 aliphatic carbocycles. The van der Waals surface area contributed by atoms with E-state index in [1.165, 1.54) is 22.0 Å². The van der Waals surface area contributed by atoms with Crippen molar-refractivity contribution < 1.29 is 9.32 Å². The fourth-order valence-corrected chi connectivity index (χ4v) is 4.65. The Hall–Kier alpha value is -3.04. The number of nitrogens with zero attached hydrogens (tertiary/aromatic N) is 2. The molecule has 1 amide bonds. The minimum absolute atomic E-state index is 0.0499. The van der Waals surface area contributed by atoms with Gasteiger partial charge in [-0.15, -0.1) is 6.42 Å². The molecule has 0 spiro atoms. The first-order valence-electron chi connectivity index (χ1n) is 10.9. The molecule has 2 aromatic heterocycles. The third-order valence-electron chi connectivity index (χ3n) is 6.12. The second-order valence-electron chi connectivity index (χ2n) is 8.85. The molecule has 6 heteroatoms. The summed E-state index contributed by atoms with van der Waals surface area (Å²) in [5, 5.41) is 11.8. The Morgan fingerprint density at radius 2 is 2.23 bits per heavy atom. The Balaban J connectivity index is 1.80. The average molecular weight is 419 g/mol. The van der Waals surface area contributed by atoms with Gasteiger partial charge in [0.05, 0.1) is 24.8 Å². The Morgan fingerprint density at radius 3 is 2.90 bits per heavy atom. The molecule has 4 rings (SSSR count). The van der Waals surface area contributed by atoms with Crippen LogP contribution in [-0.4, -0.2) is 28.2 Å². The van der Waals surface area contributed by atoms with E-state index in [1.54, 1.807) is 0 Å². The number of benzene rings is 1. The van der Waals surface area contributed by atoms with Crippen molar-refractivity contribution in [3.8, 4) is 12.3 Å². The monoisotopic (exact) mass is 418 g/mol. The average Bonchev–Trinajstić information content (AvgIpc) is 3.19. The largest absolute Gasteiger partial charge is 0.361 e. The molecule has 2 unspecified atom stereocenters. The van der Waals surface area contributed by atoms with E-state index in [1.807, 2.05) is 13.8 Å². The van der Waals surface area contributed by atoms with E-state index in [9.17, 15) is 4.79 Å². The number of hydrogen-bond acceptors (Lipinski definition) is 4. The van der Waals surface area contributed by atoms with Crippen molar-refractivity contribution in [2.45, 2.75) is 59.2 Å². The lowest BCUT2D eigenvalue weighted by atomic mass is 9.94. The summed E-state index contributed by atoms with van der Waals surface area (Å²) in [4.78, 5) is 12.9. The van der Waals surface area contributed by atoms with E-state index < -0.39 is 0 Å². The van der Waals surface area contributed by atoms with Crippen molar-refractivity contribution >= 4 is 16.8 Å². The maximum absolute atomic E-state index is 12.9. The van der Waals surface area contributed by atoms with Crippen LogP contribution in [-0.2, 0) is 17.8 Å². The Bertz CT molecular complexity index is 1130. The molecule has 3 heterocycles. The molecule has 0 saturated carbocycles. The molecule has 3 aromatic rings. The first kappa shape index (κ1) is 21.2. The molecule has 1 aromatic carbocycles. The van der Waals surface area contributed by atoms with Crippen LogP contribution < -0.4 is 10.6 Å². The van der Waals surface area contributed by atoms with Crippen LogP contribution in [0.2, 0.25) is 0 Å². The first-order valence-corrected chi connectivity index (χ1v) is 10.9. The smallest absolute Gasteiger partial charge is 0.238 e. The summed E-state index contributed by atoms with van der Waals surface area (Å²) >= 11 is 0. The molecular formula is C25H30N4O2. The molecule has 1 aliphatic heterocycles. The number of nitrogens with one attached hydrogen (secondary N) is 2. The zero-order valence-corrected chi connectivity index (χ0v) is 18.7. The van der Waals surface area contributed by atoms with E-state index in [-0.39, 0.29) is 24.5 Å². The van der Waals surface area contributed by atoms with Gasteiger partial charge in [0.25, 0.3) is 0 Å². The number of aromatic nitrogens is 2. The maximum Gasteiger partial charge on any atom is 0.238 e. The quantitative estimate of drug-likeness (QED) is 0.600. The van der Waals surface area contributed by atoms with Gasteiger partial charge < -0.3 is 14.4 Å². The number of terminal acetylenes is 1. The van der Waals surface area contributed by atoms with Crippen LogP contribution >= 0.6 is 0 Å². The van der Waals surface area contributed by atoms with Crippen molar-refractivity contribution in [1.82, 2.24) is 20.4 Å². The summed E-state index contributed by atoms with van der Waals surface area (Å²) in [6.07, 6.45) is 9.10. The summed E-state index contributed by atoms with van der Waals surface area (Å²) in [5.74, 6) is 3.78. The molecule has 0 radical (unpaired) electrons. The van der Waals surface area contributed by atoms with Gasteiger partial charge in [-0.2, -0.15) is 0 Å². The number of hydrogen-bond donors (Lipinski definition) is 2. The van der Waals surface area contributed by atoms with Crippen LogP contribution in [0.15, 0.2) is 28.9 Å². The van der Waals surface area contributed by atoms with Gasteiger partial charge in [-0.05, 0) is 49.8 Å². The van der Waals surface area contributed by atoms with Crippen molar-refractivity contribution in [3.05, 3.63) is 52.5 Å². The van der Waals surface area contributed by atoms with Gasteiger partial charge >= 0.3 is 0 Å². The van der Waals surface area contributed by atoms with Crippen molar-refractivity contribution in [2.24, 2.45) is 5.92 Å². The van der Waals surface area contributed by atoms with Crippen LogP contribution in [0, 0.1) is 32.1 Å². The number of aryl methyl sites for hydroxylation is 2. The Kier molecular flexibility index (Phi) is 5.88. The van der Waals surface area contributed by atoms with Crippen molar-refractivity contribution in [2.75, 3.05) is 6.54 Å². The molecule has 162 valence electrons. The normalized spacial score (nSPS) is 18.2. The highest BCUT2D eigenvalue weighted by molar-refractivity contribution is 5.90. The zero-order valence-electron chi connectivity index (χ0n) is 18.7.